The average Bonchev–Trinajstić information content (AvgIpc) is 3.02. The van der Waals surface area contributed by atoms with Crippen LogP contribution in [-0.2, 0) is 16.4 Å². The van der Waals surface area contributed by atoms with E-state index < -0.39 is 15.3 Å². The molecule has 0 amide bonds. The van der Waals surface area contributed by atoms with Crippen LogP contribution in [0.25, 0.3) is 0 Å². The van der Waals surface area contributed by atoms with Crippen LogP contribution in [0.4, 0.5) is 0 Å². The largest absolute Gasteiger partial charge is 0.348 e. The predicted octanol–water partition coefficient (Wildman–Crippen LogP) is 0.0121. The lowest BCUT2D eigenvalue weighted by Crippen LogP contribution is -2.40. The normalized spacial score (nSPS) is 17.8. The Morgan fingerprint density at radius 1 is 1.56 bits per heavy atom. The number of nitrogens with one attached hydrogen (secondary N) is 3. The van der Waals surface area contributed by atoms with Crippen LogP contribution in [0.3, 0.4) is 0 Å². The Morgan fingerprint density at radius 3 is 2.94 bits per heavy atom. The van der Waals surface area contributed by atoms with Gasteiger partial charge in [0.15, 0.2) is 0 Å². The summed E-state index contributed by atoms with van der Waals surface area (Å²) in [7, 11) is -3.23. The van der Waals surface area contributed by atoms with Crippen molar-refractivity contribution in [1.82, 2.24) is 20.0 Å². The Bertz CT molecular complexity index is 453. The van der Waals surface area contributed by atoms with Crippen LogP contribution in [0.1, 0.15) is 25.5 Å². The van der Waals surface area contributed by atoms with Crippen molar-refractivity contribution < 1.29 is 8.42 Å². The summed E-state index contributed by atoms with van der Waals surface area (Å²) >= 11 is 0. The molecule has 0 saturated heterocycles. The van der Waals surface area contributed by atoms with Crippen LogP contribution >= 0.6 is 0 Å². The Labute approximate surface area is 108 Å². The molecule has 0 bridgehead atoms. The number of hydrogen-bond donors (Lipinski definition) is 3. The predicted molar refractivity (Wildman–Crippen MR) is 69.7 cm³/mol. The van der Waals surface area contributed by atoms with Crippen LogP contribution < -0.4 is 10.0 Å². The molecule has 0 spiro atoms. The van der Waals surface area contributed by atoms with Gasteiger partial charge in [0.25, 0.3) is 0 Å². The van der Waals surface area contributed by atoms with E-state index in [4.69, 9.17) is 0 Å². The zero-order valence-corrected chi connectivity index (χ0v) is 11.3. The van der Waals surface area contributed by atoms with Gasteiger partial charge in [-0.15, -0.1) is 0 Å². The first-order chi connectivity index (χ1) is 8.58. The molecule has 1 heterocycles. The molecule has 1 saturated carbocycles. The van der Waals surface area contributed by atoms with E-state index in [1.165, 1.54) is 12.8 Å². The summed E-state index contributed by atoms with van der Waals surface area (Å²) in [5.41, 5.74) is 0.932. The molecule has 0 radical (unpaired) electrons. The van der Waals surface area contributed by atoms with E-state index in [1.807, 2.05) is 0 Å². The van der Waals surface area contributed by atoms with Gasteiger partial charge in [-0.3, -0.25) is 0 Å². The maximum absolute atomic E-state index is 11.9. The third kappa shape index (κ3) is 4.08. The van der Waals surface area contributed by atoms with E-state index in [1.54, 1.807) is 19.4 Å². The molecule has 1 unspecified atom stereocenters. The monoisotopic (exact) mass is 272 g/mol. The lowest BCUT2D eigenvalue weighted by atomic mass is 10.3. The number of rotatable bonds is 8. The fraction of sp³-hybridized carbons (Fsp3) is 0.727. The van der Waals surface area contributed by atoms with Crippen molar-refractivity contribution in [3.05, 3.63) is 18.2 Å². The number of nitrogens with zero attached hydrogens (tertiary/aromatic N) is 1. The van der Waals surface area contributed by atoms with Crippen molar-refractivity contribution in [2.75, 3.05) is 13.1 Å². The van der Waals surface area contributed by atoms with Gasteiger partial charge in [0.1, 0.15) is 0 Å². The van der Waals surface area contributed by atoms with Gasteiger partial charge in [-0.2, -0.15) is 0 Å². The number of aromatic amines is 1. The standard InChI is InChI=1S/C11H20N4O2S/c1-9(6-13-10-2-3-10)18(16,17)15-5-4-11-7-12-8-14-11/h7-10,13,15H,2-6H2,1H3,(H,12,14). The van der Waals surface area contributed by atoms with Crippen molar-refractivity contribution in [2.45, 2.75) is 37.5 Å². The average molecular weight is 272 g/mol. The highest BCUT2D eigenvalue weighted by molar-refractivity contribution is 7.90. The highest BCUT2D eigenvalue weighted by atomic mass is 32.2. The van der Waals surface area contributed by atoms with Crippen molar-refractivity contribution in [3.8, 4) is 0 Å². The first kappa shape index (κ1) is 13.5. The molecule has 1 aromatic heterocycles. The van der Waals surface area contributed by atoms with Crippen molar-refractivity contribution in [2.24, 2.45) is 0 Å². The first-order valence-corrected chi connectivity index (χ1v) is 7.81. The summed E-state index contributed by atoms with van der Waals surface area (Å²) in [4.78, 5) is 6.83. The molecule has 7 heteroatoms. The minimum atomic E-state index is -3.23. The van der Waals surface area contributed by atoms with Gasteiger partial charge in [0, 0.05) is 37.4 Å². The smallest absolute Gasteiger partial charge is 0.215 e. The molecule has 1 aliphatic carbocycles. The minimum Gasteiger partial charge on any atom is -0.348 e. The van der Waals surface area contributed by atoms with Gasteiger partial charge in [0.05, 0.1) is 11.6 Å². The summed E-state index contributed by atoms with van der Waals surface area (Å²) < 4.78 is 26.5. The van der Waals surface area contributed by atoms with Gasteiger partial charge in [-0.25, -0.2) is 18.1 Å². The highest BCUT2D eigenvalue weighted by Gasteiger charge is 2.25. The Balaban J connectivity index is 1.71. The number of hydrogen-bond acceptors (Lipinski definition) is 4. The molecule has 1 atom stereocenters. The van der Waals surface area contributed by atoms with Gasteiger partial charge < -0.3 is 10.3 Å². The number of aromatic nitrogens is 2. The van der Waals surface area contributed by atoms with E-state index in [-0.39, 0.29) is 0 Å². The Hall–Kier alpha value is -0.920. The summed E-state index contributed by atoms with van der Waals surface area (Å²) in [6.07, 6.45) is 6.25. The summed E-state index contributed by atoms with van der Waals surface area (Å²) in [6, 6.07) is 0.535. The van der Waals surface area contributed by atoms with Gasteiger partial charge in [0.2, 0.25) is 10.0 Å². The number of imidazole rings is 1. The quantitative estimate of drug-likeness (QED) is 0.622. The topological polar surface area (TPSA) is 86.9 Å². The molecule has 0 aliphatic heterocycles. The second kappa shape index (κ2) is 5.81. The maximum atomic E-state index is 11.9. The molecule has 1 aromatic rings. The van der Waals surface area contributed by atoms with Gasteiger partial charge in [-0.05, 0) is 19.8 Å². The highest BCUT2D eigenvalue weighted by Crippen LogP contribution is 2.18. The van der Waals surface area contributed by atoms with Crippen LogP contribution in [-0.4, -0.2) is 42.8 Å². The van der Waals surface area contributed by atoms with E-state index in [2.05, 4.69) is 20.0 Å². The number of H-pyrrole nitrogens is 1. The number of sulfonamides is 1. The van der Waals surface area contributed by atoms with Crippen LogP contribution in [0.5, 0.6) is 0 Å². The fourth-order valence-electron chi connectivity index (χ4n) is 1.62. The lowest BCUT2D eigenvalue weighted by molar-refractivity contribution is 0.557. The van der Waals surface area contributed by atoms with Crippen molar-refractivity contribution in [3.63, 3.8) is 0 Å². The van der Waals surface area contributed by atoms with Gasteiger partial charge >= 0.3 is 0 Å². The second-order valence-corrected chi connectivity index (χ2v) is 6.94. The van der Waals surface area contributed by atoms with Crippen molar-refractivity contribution in [1.29, 1.82) is 0 Å². The van der Waals surface area contributed by atoms with Crippen molar-refractivity contribution >= 4 is 10.0 Å². The zero-order chi connectivity index (χ0) is 13.0. The molecular weight excluding hydrogens is 252 g/mol. The molecule has 3 N–H and O–H groups in total. The molecule has 102 valence electrons. The molecule has 0 aromatic carbocycles. The molecular formula is C11H20N4O2S. The molecule has 1 fully saturated rings. The Morgan fingerprint density at radius 2 is 2.33 bits per heavy atom. The molecule has 2 rings (SSSR count). The zero-order valence-electron chi connectivity index (χ0n) is 10.5. The van der Waals surface area contributed by atoms with Crippen LogP contribution in [0.15, 0.2) is 12.5 Å². The second-order valence-electron chi connectivity index (χ2n) is 4.76. The summed E-state index contributed by atoms with van der Waals surface area (Å²) in [5, 5.41) is 2.83. The van der Waals surface area contributed by atoms with Crippen LogP contribution in [0.2, 0.25) is 0 Å². The van der Waals surface area contributed by atoms with Crippen LogP contribution in [0, 0.1) is 0 Å². The fourth-order valence-corrected chi connectivity index (χ4v) is 2.61. The third-order valence-corrected chi connectivity index (χ3v) is 4.89. The summed E-state index contributed by atoms with van der Waals surface area (Å²) in [6.45, 7) is 2.65. The molecule has 18 heavy (non-hydrogen) atoms. The van der Waals surface area contributed by atoms with E-state index >= 15 is 0 Å². The van der Waals surface area contributed by atoms with E-state index in [0.29, 0.717) is 25.6 Å². The molecule has 6 nitrogen and oxygen atoms in total. The van der Waals surface area contributed by atoms with E-state index in [0.717, 1.165) is 5.69 Å². The lowest BCUT2D eigenvalue weighted by Gasteiger charge is -2.14. The van der Waals surface area contributed by atoms with Gasteiger partial charge in [-0.1, -0.05) is 0 Å². The molecule has 1 aliphatic rings. The summed E-state index contributed by atoms with van der Waals surface area (Å²) in [5.74, 6) is 0. The van der Waals surface area contributed by atoms with E-state index in [9.17, 15) is 8.42 Å². The SMILES string of the molecule is CC(CNC1CC1)S(=O)(=O)NCCc1cnc[nH]1. The maximum Gasteiger partial charge on any atom is 0.215 e. The third-order valence-electron chi connectivity index (χ3n) is 3.05. The first-order valence-electron chi connectivity index (χ1n) is 6.27. The minimum absolute atomic E-state index is 0.401. The Kier molecular flexibility index (Phi) is 4.36.